The number of anilines is 1. The number of nitrogens with one attached hydrogen (secondary N) is 1. The third kappa shape index (κ3) is 3.16. The highest BCUT2D eigenvalue weighted by molar-refractivity contribution is 7.16. The van der Waals surface area contributed by atoms with E-state index in [1.54, 1.807) is 18.4 Å². The van der Waals surface area contributed by atoms with Crippen molar-refractivity contribution in [2.45, 2.75) is 6.04 Å². The Bertz CT molecular complexity index is 515. The van der Waals surface area contributed by atoms with Gasteiger partial charge in [0.25, 0.3) is 0 Å². The SMILES string of the molecule is COc1cccc(NC(CN)c2ccc(Cl)s2)c1. The molecular formula is C13H15ClN2OS. The van der Waals surface area contributed by atoms with E-state index in [1.807, 2.05) is 36.4 Å². The standard InChI is InChI=1S/C13H15ClN2OS/c1-17-10-4-2-3-9(7-10)16-11(8-15)12-5-6-13(14)18-12/h2-7,11,16H,8,15H2,1H3. The Labute approximate surface area is 116 Å². The average Bonchev–Trinajstić information content (AvgIpc) is 2.82. The maximum Gasteiger partial charge on any atom is 0.120 e. The average molecular weight is 283 g/mol. The molecule has 0 amide bonds. The fraction of sp³-hybridized carbons (Fsp3) is 0.231. The summed E-state index contributed by atoms with van der Waals surface area (Å²) < 4.78 is 5.96. The number of hydrogen-bond acceptors (Lipinski definition) is 4. The lowest BCUT2D eigenvalue weighted by Gasteiger charge is -2.17. The van der Waals surface area contributed by atoms with Crippen LogP contribution in [0.4, 0.5) is 5.69 Å². The summed E-state index contributed by atoms with van der Waals surface area (Å²) in [5, 5.41) is 3.38. The van der Waals surface area contributed by atoms with Gasteiger partial charge < -0.3 is 15.8 Å². The fourth-order valence-corrected chi connectivity index (χ4v) is 2.80. The maximum absolute atomic E-state index is 5.94. The molecule has 1 atom stereocenters. The van der Waals surface area contributed by atoms with Crippen molar-refractivity contribution in [1.82, 2.24) is 0 Å². The van der Waals surface area contributed by atoms with Crippen LogP contribution in [0.15, 0.2) is 36.4 Å². The molecule has 1 aromatic heterocycles. The number of thiophene rings is 1. The summed E-state index contributed by atoms with van der Waals surface area (Å²) in [6.45, 7) is 0.508. The van der Waals surface area contributed by atoms with Crippen LogP contribution < -0.4 is 15.8 Å². The van der Waals surface area contributed by atoms with Crippen LogP contribution in [0.2, 0.25) is 4.34 Å². The van der Waals surface area contributed by atoms with Gasteiger partial charge in [0.2, 0.25) is 0 Å². The van der Waals surface area contributed by atoms with Gasteiger partial charge in [0.15, 0.2) is 0 Å². The van der Waals surface area contributed by atoms with E-state index >= 15 is 0 Å². The highest BCUT2D eigenvalue weighted by atomic mass is 35.5. The van der Waals surface area contributed by atoms with Crippen LogP contribution in [-0.4, -0.2) is 13.7 Å². The molecule has 0 saturated heterocycles. The molecule has 5 heteroatoms. The quantitative estimate of drug-likeness (QED) is 0.882. The Hall–Kier alpha value is -1.23. The molecule has 0 saturated carbocycles. The van der Waals surface area contributed by atoms with Crippen molar-refractivity contribution in [3.8, 4) is 5.75 Å². The molecule has 2 aromatic rings. The van der Waals surface area contributed by atoms with E-state index in [9.17, 15) is 0 Å². The lowest BCUT2D eigenvalue weighted by atomic mass is 10.2. The monoisotopic (exact) mass is 282 g/mol. The van der Waals surface area contributed by atoms with Crippen LogP contribution in [-0.2, 0) is 0 Å². The van der Waals surface area contributed by atoms with E-state index < -0.39 is 0 Å². The van der Waals surface area contributed by atoms with E-state index in [-0.39, 0.29) is 6.04 Å². The normalized spacial score (nSPS) is 12.2. The molecule has 3 N–H and O–H groups in total. The van der Waals surface area contributed by atoms with Gasteiger partial charge in [-0.2, -0.15) is 0 Å². The van der Waals surface area contributed by atoms with Gasteiger partial charge in [-0.1, -0.05) is 17.7 Å². The van der Waals surface area contributed by atoms with E-state index in [1.165, 1.54) is 0 Å². The third-order valence-electron chi connectivity index (χ3n) is 2.58. The Morgan fingerprint density at radius 1 is 1.39 bits per heavy atom. The molecule has 0 bridgehead atoms. The highest BCUT2D eigenvalue weighted by Crippen LogP contribution is 2.29. The predicted molar refractivity (Wildman–Crippen MR) is 77.7 cm³/mol. The van der Waals surface area contributed by atoms with Crippen LogP contribution in [0.25, 0.3) is 0 Å². The summed E-state index contributed by atoms with van der Waals surface area (Å²) in [4.78, 5) is 1.13. The summed E-state index contributed by atoms with van der Waals surface area (Å²) >= 11 is 7.48. The van der Waals surface area contributed by atoms with Gasteiger partial charge in [-0.05, 0) is 24.3 Å². The molecule has 2 rings (SSSR count). The highest BCUT2D eigenvalue weighted by Gasteiger charge is 2.12. The third-order valence-corrected chi connectivity index (χ3v) is 3.93. The largest absolute Gasteiger partial charge is 0.497 e. The van der Waals surface area contributed by atoms with Crippen LogP contribution in [0.3, 0.4) is 0 Å². The first kappa shape index (κ1) is 13.2. The van der Waals surface area contributed by atoms with Gasteiger partial charge in [0.05, 0.1) is 17.5 Å². The van der Waals surface area contributed by atoms with Gasteiger partial charge >= 0.3 is 0 Å². The van der Waals surface area contributed by atoms with Gasteiger partial charge in [-0.25, -0.2) is 0 Å². The first-order valence-corrected chi connectivity index (χ1v) is 6.78. The Kier molecular flexibility index (Phi) is 4.47. The molecular weight excluding hydrogens is 268 g/mol. The zero-order chi connectivity index (χ0) is 13.0. The number of halogens is 1. The molecule has 0 aliphatic rings. The topological polar surface area (TPSA) is 47.3 Å². The summed E-state index contributed by atoms with van der Waals surface area (Å²) in [6.07, 6.45) is 0. The van der Waals surface area contributed by atoms with Crippen LogP contribution in [0.1, 0.15) is 10.9 Å². The summed E-state index contributed by atoms with van der Waals surface area (Å²) in [7, 11) is 1.65. The molecule has 0 aliphatic heterocycles. The smallest absolute Gasteiger partial charge is 0.120 e. The Balaban J connectivity index is 2.14. The zero-order valence-electron chi connectivity index (χ0n) is 10.0. The van der Waals surface area contributed by atoms with Gasteiger partial charge in [-0.15, -0.1) is 11.3 Å². The molecule has 0 radical (unpaired) electrons. The van der Waals surface area contributed by atoms with Crippen molar-refractivity contribution < 1.29 is 4.74 Å². The molecule has 1 aromatic carbocycles. The van der Waals surface area contributed by atoms with E-state index in [0.29, 0.717) is 6.54 Å². The minimum absolute atomic E-state index is 0.0645. The number of hydrogen-bond donors (Lipinski definition) is 2. The number of ether oxygens (including phenoxy) is 1. The number of benzene rings is 1. The van der Waals surface area contributed by atoms with E-state index in [2.05, 4.69) is 5.32 Å². The number of rotatable bonds is 5. The predicted octanol–water partition coefficient (Wildman–Crippen LogP) is 3.52. The maximum atomic E-state index is 5.94. The van der Waals surface area contributed by atoms with Gasteiger partial charge in [0.1, 0.15) is 5.75 Å². The van der Waals surface area contributed by atoms with Crippen molar-refractivity contribution in [3.05, 3.63) is 45.6 Å². The molecule has 0 aliphatic carbocycles. The molecule has 0 spiro atoms. The van der Waals surface area contributed by atoms with Crippen molar-refractivity contribution >= 4 is 28.6 Å². The summed E-state index contributed by atoms with van der Waals surface area (Å²) in [5.74, 6) is 0.819. The zero-order valence-corrected chi connectivity index (χ0v) is 11.6. The van der Waals surface area contributed by atoms with Gasteiger partial charge in [-0.3, -0.25) is 0 Å². The second-order valence-corrected chi connectivity index (χ2v) is 5.55. The van der Waals surface area contributed by atoms with Crippen molar-refractivity contribution in [2.24, 2.45) is 5.73 Å². The minimum atomic E-state index is 0.0645. The molecule has 3 nitrogen and oxygen atoms in total. The lowest BCUT2D eigenvalue weighted by Crippen LogP contribution is -2.19. The number of methoxy groups -OCH3 is 1. The number of nitrogens with two attached hydrogens (primary N) is 1. The van der Waals surface area contributed by atoms with Crippen molar-refractivity contribution in [2.75, 3.05) is 19.0 Å². The molecule has 0 fully saturated rings. The van der Waals surface area contributed by atoms with Crippen LogP contribution in [0, 0.1) is 0 Å². The summed E-state index contributed by atoms with van der Waals surface area (Å²) in [5.41, 5.74) is 6.78. The first-order valence-electron chi connectivity index (χ1n) is 5.59. The van der Waals surface area contributed by atoms with Crippen molar-refractivity contribution in [1.29, 1.82) is 0 Å². The lowest BCUT2D eigenvalue weighted by molar-refractivity contribution is 0.415. The van der Waals surface area contributed by atoms with Crippen LogP contribution in [0.5, 0.6) is 5.75 Å². The van der Waals surface area contributed by atoms with Crippen LogP contribution >= 0.6 is 22.9 Å². The van der Waals surface area contributed by atoms with E-state index in [0.717, 1.165) is 20.7 Å². The molecule has 1 unspecified atom stereocenters. The molecule has 1 heterocycles. The van der Waals surface area contributed by atoms with Crippen molar-refractivity contribution in [3.63, 3.8) is 0 Å². The summed E-state index contributed by atoms with van der Waals surface area (Å²) in [6, 6.07) is 11.7. The molecule has 18 heavy (non-hydrogen) atoms. The second-order valence-electron chi connectivity index (χ2n) is 3.81. The fourth-order valence-electron chi connectivity index (χ4n) is 1.68. The second kappa shape index (κ2) is 6.09. The minimum Gasteiger partial charge on any atom is -0.497 e. The Morgan fingerprint density at radius 2 is 2.22 bits per heavy atom. The Morgan fingerprint density at radius 3 is 2.83 bits per heavy atom. The van der Waals surface area contributed by atoms with E-state index in [4.69, 9.17) is 22.1 Å². The molecule has 96 valence electrons. The first-order chi connectivity index (χ1) is 8.72. The van der Waals surface area contributed by atoms with Gasteiger partial charge in [0, 0.05) is 23.2 Å².